The van der Waals surface area contributed by atoms with Crippen molar-refractivity contribution < 1.29 is 38.6 Å². The van der Waals surface area contributed by atoms with Crippen LogP contribution in [0.5, 0.6) is 0 Å². The normalized spacial score (nSPS) is 12.9. The molecule has 0 amide bonds. The van der Waals surface area contributed by atoms with Crippen molar-refractivity contribution in [3.05, 3.63) is 0 Å². The Balaban J connectivity index is 3.49. The maximum absolute atomic E-state index is 11.6. The van der Waals surface area contributed by atoms with Gasteiger partial charge in [-0.25, -0.2) is 9.45 Å². The van der Waals surface area contributed by atoms with Gasteiger partial charge in [0.15, 0.2) is 6.10 Å². The molecule has 9 heteroatoms. The predicted octanol–water partition coefficient (Wildman–Crippen LogP) is 4.20. The van der Waals surface area contributed by atoms with Crippen molar-refractivity contribution in [2.75, 3.05) is 13.2 Å². The summed E-state index contributed by atoms with van der Waals surface area (Å²) in [5, 5.41) is 8.59. The van der Waals surface area contributed by atoms with Crippen LogP contribution in [0.3, 0.4) is 0 Å². The summed E-state index contributed by atoms with van der Waals surface area (Å²) >= 11 is 0. The van der Waals surface area contributed by atoms with E-state index in [1.54, 1.807) is 0 Å². The zero-order valence-corrected chi connectivity index (χ0v) is 16.7. The third-order valence-electron chi connectivity index (χ3n) is 3.99. The molecule has 0 aromatic heterocycles. The first-order valence-corrected chi connectivity index (χ1v) is 11.1. The van der Waals surface area contributed by atoms with Crippen LogP contribution in [0.15, 0.2) is 0 Å². The molecule has 0 aliphatic rings. The van der Waals surface area contributed by atoms with E-state index >= 15 is 0 Å². The lowest BCUT2D eigenvalue weighted by atomic mass is 10.1. The lowest BCUT2D eigenvalue weighted by Gasteiger charge is -2.14. The molecule has 0 rings (SSSR count). The molecule has 1 atom stereocenters. The number of carbonyl (C=O) groups excluding carboxylic acids is 1. The van der Waals surface area contributed by atoms with Crippen molar-refractivity contribution in [1.82, 2.24) is 0 Å². The van der Waals surface area contributed by atoms with Gasteiger partial charge in [-0.05, 0) is 6.42 Å². The number of carbonyl (C=O) groups is 1. The van der Waals surface area contributed by atoms with E-state index in [1.165, 1.54) is 51.4 Å². The second kappa shape index (κ2) is 16.7. The number of phosphoric ester groups is 1. The van der Waals surface area contributed by atoms with Gasteiger partial charge in [0.05, 0.1) is 6.61 Å². The van der Waals surface area contributed by atoms with E-state index in [9.17, 15) is 9.36 Å². The van der Waals surface area contributed by atoms with Gasteiger partial charge in [0, 0.05) is 6.42 Å². The van der Waals surface area contributed by atoms with Crippen LogP contribution in [0.4, 0.5) is 0 Å². The highest BCUT2D eigenvalue weighted by atomic mass is 31.2. The zero-order valence-electron chi connectivity index (χ0n) is 15.8. The molecule has 0 spiro atoms. The fourth-order valence-electron chi connectivity index (χ4n) is 2.48. The second-order valence-electron chi connectivity index (χ2n) is 6.48. The first-order valence-electron chi connectivity index (χ1n) is 9.55. The first kappa shape index (κ1) is 25.5. The Hall–Kier alpha value is -0.500. The number of hydrogen-bond acceptors (Lipinski definition) is 6. The molecule has 0 aliphatic carbocycles. The maximum Gasteiger partial charge on any atom is 0.469 e. The van der Waals surface area contributed by atoms with Crippen LogP contribution in [0.1, 0.15) is 84.0 Å². The van der Waals surface area contributed by atoms with Crippen molar-refractivity contribution >= 4 is 13.8 Å². The summed E-state index contributed by atoms with van der Waals surface area (Å²) < 4.78 is 19.6. The number of hydrogen-bond donors (Lipinski definition) is 3. The lowest BCUT2D eigenvalue weighted by Crippen LogP contribution is -2.25. The number of ether oxygens (including phenoxy) is 1. The summed E-state index contributed by atoms with van der Waals surface area (Å²) in [5.74, 6) is -0.431. The van der Waals surface area contributed by atoms with Crippen LogP contribution in [-0.4, -0.2) is 40.3 Å². The van der Waals surface area contributed by atoms with Gasteiger partial charge >= 0.3 is 13.8 Å². The average molecular weight is 398 g/mol. The molecule has 0 bridgehead atoms. The molecule has 0 aromatic rings. The molecule has 0 saturated heterocycles. The molecule has 26 heavy (non-hydrogen) atoms. The van der Waals surface area contributed by atoms with E-state index in [-0.39, 0.29) is 13.0 Å². The quantitative estimate of drug-likeness (QED) is 0.103. The smallest absolute Gasteiger partial charge is 0.463 e. The lowest BCUT2D eigenvalue weighted by molar-refractivity contribution is -0.290. The highest BCUT2D eigenvalue weighted by Gasteiger charge is 2.20. The summed E-state index contributed by atoms with van der Waals surface area (Å²) in [6, 6.07) is 0. The molecule has 0 unspecified atom stereocenters. The summed E-state index contributed by atoms with van der Waals surface area (Å²) in [7, 11) is -4.65. The minimum atomic E-state index is -4.65. The van der Waals surface area contributed by atoms with Crippen LogP contribution in [0.25, 0.3) is 0 Å². The van der Waals surface area contributed by atoms with Crippen molar-refractivity contribution in [3.63, 3.8) is 0 Å². The van der Waals surface area contributed by atoms with Gasteiger partial charge in [-0.1, -0.05) is 71.1 Å². The van der Waals surface area contributed by atoms with E-state index in [0.717, 1.165) is 19.3 Å². The van der Waals surface area contributed by atoms with Gasteiger partial charge < -0.3 is 14.5 Å². The Morgan fingerprint density at radius 2 is 1.38 bits per heavy atom. The maximum atomic E-state index is 11.6. The fourth-order valence-corrected chi connectivity index (χ4v) is 2.84. The molecular weight excluding hydrogens is 363 g/mol. The fraction of sp³-hybridized carbons (Fsp3) is 0.941. The van der Waals surface area contributed by atoms with Crippen LogP contribution in [0, 0.1) is 0 Å². The number of phosphoric acid groups is 1. The zero-order chi connectivity index (χ0) is 19.7. The molecular formula is C17H35O8P. The second-order valence-corrected chi connectivity index (χ2v) is 7.72. The van der Waals surface area contributed by atoms with E-state index in [1.807, 2.05) is 0 Å². The molecule has 8 nitrogen and oxygen atoms in total. The third-order valence-corrected chi connectivity index (χ3v) is 4.48. The van der Waals surface area contributed by atoms with Gasteiger partial charge in [0.1, 0.15) is 6.61 Å². The van der Waals surface area contributed by atoms with Gasteiger partial charge in [-0.15, -0.1) is 0 Å². The molecule has 0 heterocycles. The van der Waals surface area contributed by atoms with Gasteiger partial charge in [0.2, 0.25) is 0 Å². The molecule has 0 saturated carbocycles. The molecule has 0 fully saturated rings. The number of unbranched alkanes of at least 4 members (excludes halogenated alkanes) is 10. The average Bonchev–Trinajstić information content (AvgIpc) is 2.59. The standard InChI is InChI=1S/C17H35O8P/c1-2-3-4-5-6-7-8-9-10-11-12-13-17(18)23-14-16(25-19)15-24-26(20,21)22/h16,19H,2-15H2,1H3,(H2,20,21,22)/t16-/m1/s1. The van der Waals surface area contributed by atoms with E-state index in [4.69, 9.17) is 19.8 Å². The van der Waals surface area contributed by atoms with Crippen LogP contribution >= 0.6 is 7.82 Å². The first-order chi connectivity index (χ1) is 12.4. The van der Waals surface area contributed by atoms with Crippen molar-refractivity contribution in [1.29, 1.82) is 0 Å². The van der Waals surface area contributed by atoms with Gasteiger partial charge in [-0.3, -0.25) is 14.6 Å². The number of rotatable bonds is 18. The molecule has 0 aromatic carbocycles. The van der Waals surface area contributed by atoms with E-state index in [0.29, 0.717) is 0 Å². The van der Waals surface area contributed by atoms with Crippen molar-refractivity contribution in [2.45, 2.75) is 90.1 Å². The molecule has 0 radical (unpaired) electrons. The highest BCUT2D eigenvalue weighted by molar-refractivity contribution is 7.46. The van der Waals surface area contributed by atoms with Crippen molar-refractivity contribution in [3.8, 4) is 0 Å². The summed E-state index contributed by atoms with van der Waals surface area (Å²) in [6.45, 7) is 1.31. The van der Waals surface area contributed by atoms with E-state index in [2.05, 4.69) is 16.3 Å². The van der Waals surface area contributed by atoms with Crippen LogP contribution in [0.2, 0.25) is 0 Å². The van der Waals surface area contributed by atoms with Gasteiger partial charge in [-0.2, -0.15) is 0 Å². The SMILES string of the molecule is CCCCCCCCCCCCCC(=O)OC[C@H](COP(=O)(O)O)OO. The third kappa shape index (κ3) is 18.3. The molecule has 3 N–H and O–H groups in total. The summed E-state index contributed by atoms with van der Waals surface area (Å²) in [5.41, 5.74) is 0. The van der Waals surface area contributed by atoms with Crippen LogP contribution in [-0.2, 0) is 23.5 Å². The molecule has 0 aliphatic heterocycles. The Morgan fingerprint density at radius 3 is 1.85 bits per heavy atom. The van der Waals surface area contributed by atoms with Crippen LogP contribution < -0.4 is 0 Å². The van der Waals surface area contributed by atoms with Crippen molar-refractivity contribution in [2.24, 2.45) is 0 Å². The Kier molecular flexibility index (Phi) is 16.3. The Morgan fingerprint density at radius 1 is 0.885 bits per heavy atom. The Labute approximate surface area is 156 Å². The monoisotopic (exact) mass is 398 g/mol. The molecule has 156 valence electrons. The van der Waals surface area contributed by atoms with E-state index < -0.39 is 26.5 Å². The topological polar surface area (TPSA) is 123 Å². The predicted molar refractivity (Wildman–Crippen MR) is 97.5 cm³/mol. The Bertz CT molecular complexity index is 385. The van der Waals surface area contributed by atoms with Gasteiger partial charge in [0.25, 0.3) is 0 Å². The minimum Gasteiger partial charge on any atom is -0.463 e. The summed E-state index contributed by atoms with van der Waals surface area (Å²) in [4.78, 5) is 32.6. The summed E-state index contributed by atoms with van der Waals surface area (Å²) in [6.07, 6.45) is 12.2. The minimum absolute atomic E-state index is 0.272. The largest absolute Gasteiger partial charge is 0.469 e. The number of esters is 1. The highest BCUT2D eigenvalue weighted by Crippen LogP contribution is 2.35.